The highest BCUT2D eigenvalue weighted by Gasteiger charge is 2.14. The zero-order valence-corrected chi connectivity index (χ0v) is 10.7. The molecular weight excluding hydrogens is 236 g/mol. The molecule has 0 aliphatic rings. The van der Waals surface area contributed by atoms with Crippen molar-refractivity contribution in [3.05, 3.63) is 34.9 Å². The summed E-state index contributed by atoms with van der Waals surface area (Å²) < 4.78 is 0. The number of nitrogens with zero attached hydrogens (tertiary/aromatic N) is 4. The van der Waals surface area contributed by atoms with Gasteiger partial charge in [0, 0.05) is 23.7 Å². The second kappa shape index (κ2) is 4.75. The molecule has 0 saturated carbocycles. The van der Waals surface area contributed by atoms with Crippen LogP contribution in [-0.4, -0.2) is 19.9 Å². The maximum Gasteiger partial charge on any atom is 0.199 e. The van der Waals surface area contributed by atoms with E-state index in [-0.39, 0.29) is 0 Å². The lowest BCUT2D eigenvalue weighted by Gasteiger charge is -2.11. The highest BCUT2D eigenvalue weighted by molar-refractivity contribution is 6.30. The lowest BCUT2D eigenvalue weighted by Crippen LogP contribution is -2.03. The van der Waals surface area contributed by atoms with Crippen molar-refractivity contribution in [2.24, 2.45) is 0 Å². The average Bonchev–Trinajstić information content (AvgIpc) is 2.28. The summed E-state index contributed by atoms with van der Waals surface area (Å²) in [6, 6.07) is 1.75. The number of hydrogen-bond donors (Lipinski definition) is 0. The lowest BCUT2D eigenvalue weighted by atomic mass is 10.0. The molecule has 2 aromatic heterocycles. The van der Waals surface area contributed by atoms with Crippen LogP contribution in [0.4, 0.5) is 0 Å². The molecule has 0 fully saturated rings. The molecule has 5 heteroatoms. The second-order valence-corrected chi connectivity index (χ2v) is 4.42. The van der Waals surface area contributed by atoms with Crippen molar-refractivity contribution in [2.75, 3.05) is 0 Å². The molecule has 0 aliphatic heterocycles. The molecule has 0 bridgehead atoms. The Balaban J connectivity index is 2.53. The zero-order valence-electron chi connectivity index (χ0n) is 9.98. The molecule has 0 radical (unpaired) electrons. The summed E-state index contributed by atoms with van der Waals surface area (Å²) in [6.07, 6.45) is 3.32. The molecule has 2 rings (SSSR count). The van der Waals surface area contributed by atoms with Crippen molar-refractivity contribution in [2.45, 2.75) is 26.7 Å². The van der Waals surface area contributed by atoms with E-state index < -0.39 is 0 Å². The Bertz CT molecular complexity index is 502. The molecule has 0 saturated heterocycles. The van der Waals surface area contributed by atoms with Gasteiger partial charge in [-0.15, -0.1) is 0 Å². The third-order valence-electron chi connectivity index (χ3n) is 2.43. The summed E-state index contributed by atoms with van der Waals surface area (Å²) in [5.74, 6) is 1.26. The second-order valence-electron chi connectivity index (χ2n) is 4.06. The standard InChI is InChI=1S/C12H13ClN4/c1-7(2)9-8(3)16-12(17-10(9)13)11-14-5-4-6-15-11/h4-7H,1-3H3. The first-order valence-corrected chi connectivity index (χ1v) is 5.79. The van der Waals surface area contributed by atoms with Crippen LogP contribution in [0.3, 0.4) is 0 Å². The summed E-state index contributed by atoms with van der Waals surface area (Å²) in [5.41, 5.74) is 1.86. The van der Waals surface area contributed by atoms with Gasteiger partial charge in [0.2, 0.25) is 0 Å². The fourth-order valence-corrected chi connectivity index (χ4v) is 2.15. The molecule has 0 amide bonds. The first kappa shape index (κ1) is 11.9. The molecule has 0 spiro atoms. The summed E-state index contributed by atoms with van der Waals surface area (Å²) >= 11 is 6.17. The van der Waals surface area contributed by atoms with Crippen LogP contribution in [0.25, 0.3) is 11.6 Å². The van der Waals surface area contributed by atoms with Crippen molar-refractivity contribution >= 4 is 11.6 Å². The normalized spacial score (nSPS) is 10.9. The Hall–Kier alpha value is -1.55. The molecule has 17 heavy (non-hydrogen) atoms. The van der Waals surface area contributed by atoms with Gasteiger partial charge < -0.3 is 0 Å². The highest BCUT2D eigenvalue weighted by Crippen LogP contribution is 2.26. The van der Waals surface area contributed by atoms with E-state index in [2.05, 4.69) is 33.8 Å². The van der Waals surface area contributed by atoms with Crippen LogP contribution in [0, 0.1) is 6.92 Å². The molecule has 88 valence electrons. The van der Waals surface area contributed by atoms with E-state index in [9.17, 15) is 0 Å². The van der Waals surface area contributed by atoms with Crippen molar-refractivity contribution in [1.82, 2.24) is 19.9 Å². The largest absolute Gasteiger partial charge is 0.234 e. The van der Waals surface area contributed by atoms with Gasteiger partial charge in [0.05, 0.1) is 0 Å². The Morgan fingerprint density at radius 1 is 1.06 bits per heavy atom. The van der Waals surface area contributed by atoms with E-state index in [0.717, 1.165) is 11.3 Å². The van der Waals surface area contributed by atoms with E-state index in [4.69, 9.17) is 11.6 Å². The molecule has 0 atom stereocenters. The number of hydrogen-bond acceptors (Lipinski definition) is 4. The van der Waals surface area contributed by atoms with Gasteiger partial charge in [-0.1, -0.05) is 25.4 Å². The van der Waals surface area contributed by atoms with Gasteiger partial charge in [-0.25, -0.2) is 19.9 Å². The van der Waals surface area contributed by atoms with Crippen LogP contribution >= 0.6 is 11.6 Å². The van der Waals surface area contributed by atoms with Crippen molar-refractivity contribution in [3.8, 4) is 11.6 Å². The lowest BCUT2D eigenvalue weighted by molar-refractivity contribution is 0.829. The number of halogens is 1. The van der Waals surface area contributed by atoms with E-state index in [0.29, 0.717) is 22.7 Å². The van der Waals surface area contributed by atoms with Gasteiger partial charge in [0.15, 0.2) is 11.6 Å². The maximum atomic E-state index is 6.17. The van der Waals surface area contributed by atoms with Crippen molar-refractivity contribution < 1.29 is 0 Å². The Labute approximate surface area is 105 Å². The Morgan fingerprint density at radius 2 is 1.71 bits per heavy atom. The molecular formula is C12H13ClN4. The predicted molar refractivity (Wildman–Crippen MR) is 66.9 cm³/mol. The van der Waals surface area contributed by atoms with Gasteiger partial charge >= 0.3 is 0 Å². The molecule has 2 aromatic rings. The van der Waals surface area contributed by atoms with E-state index in [1.807, 2.05) is 6.92 Å². The third-order valence-corrected chi connectivity index (χ3v) is 2.72. The minimum Gasteiger partial charge on any atom is -0.234 e. The van der Waals surface area contributed by atoms with Gasteiger partial charge in [0.1, 0.15) is 5.15 Å². The minimum absolute atomic E-state index is 0.299. The van der Waals surface area contributed by atoms with Crippen LogP contribution in [0.5, 0.6) is 0 Å². The van der Waals surface area contributed by atoms with Crippen LogP contribution in [0.1, 0.15) is 31.0 Å². The molecule has 0 aliphatic carbocycles. The van der Waals surface area contributed by atoms with Gasteiger partial charge in [-0.2, -0.15) is 0 Å². The molecule has 0 unspecified atom stereocenters. The molecule has 4 nitrogen and oxygen atoms in total. The van der Waals surface area contributed by atoms with Crippen LogP contribution < -0.4 is 0 Å². The quantitative estimate of drug-likeness (QED) is 0.767. The number of rotatable bonds is 2. The zero-order chi connectivity index (χ0) is 12.4. The van der Waals surface area contributed by atoms with Crippen molar-refractivity contribution in [3.63, 3.8) is 0 Å². The Morgan fingerprint density at radius 3 is 2.24 bits per heavy atom. The first-order chi connectivity index (χ1) is 8.09. The summed E-state index contributed by atoms with van der Waals surface area (Å²) in [5, 5.41) is 0.481. The fraction of sp³-hybridized carbons (Fsp3) is 0.333. The number of aryl methyl sites for hydroxylation is 1. The van der Waals surface area contributed by atoms with Crippen LogP contribution in [0.15, 0.2) is 18.5 Å². The molecule has 0 aromatic carbocycles. The van der Waals surface area contributed by atoms with Gasteiger partial charge in [0.25, 0.3) is 0 Å². The third kappa shape index (κ3) is 2.42. The maximum absolute atomic E-state index is 6.17. The van der Waals surface area contributed by atoms with Gasteiger partial charge in [-0.05, 0) is 18.9 Å². The monoisotopic (exact) mass is 248 g/mol. The van der Waals surface area contributed by atoms with E-state index in [1.54, 1.807) is 18.5 Å². The van der Waals surface area contributed by atoms with Crippen molar-refractivity contribution in [1.29, 1.82) is 0 Å². The minimum atomic E-state index is 0.299. The SMILES string of the molecule is Cc1nc(-c2ncccn2)nc(Cl)c1C(C)C. The van der Waals surface area contributed by atoms with Crippen LogP contribution in [-0.2, 0) is 0 Å². The average molecular weight is 249 g/mol. The topological polar surface area (TPSA) is 51.6 Å². The predicted octanol–water partition coefficient (Wildman–Crippen LogP) is 3.02. The van der Waals surface area contributed by atoms with Gasteiger partial charge in [-0.3, -0.25) is 0 Å². The summed E-state index contributed by atoms with van der Waals surface area (Å²) in [4.78, 5) is 16.9. The molecule has 0 N–H and O–H groups in total. The smallest absolute Gasteiger partial charge is 0.199 e. The highest BCUT2D eigenvalue weighted by atomic mass is 35.5. The first-order valence-electron chi connectivity index (χ1n) is 5.41. The number of aromatic nitrogens is 4. The molecule has 2 heterocycles. The summed E-state index contributed by atoms with van der Waals surface area (Å²) in [7, 11) is 0. The van der Waals surface area contributed by atoms with E-state index >= 15 is 0 Å². The summed E-state index contributed by atoms with van der Waals surface area (Å²) in [6.45, 7) is 6.06. The fourth-order valence-electron chi connectivity index (χ4n) is 1.72. The Kier molecular flexibility index (Phi) is 3.33. The van der Waals surface area contributed by atoms with Crippen LogP contribution in [0.2, 0.25) is 5.15 Å². The van der Waals surface area contributed by atoms with E-state index in [1.165, 1.54) is 0 Å².